The van der Waals surface area contributed by atoms with Crippen molar-refractivity contribution in [2.75, 3.05) is 5.75 Å². The minimum Gasteiger partial charge on any atom is -0.368 e. The van der Waals surface area contributed by atoms with E-state index >= 15 is 0 Å². The van der Waals surface area contributed by atoms with Gasteiger partial charge in [-0.15, -0.1) is 0 Å². The van der Waals surface area contributed by atoms with Gasteiger partial charge in [0.15, 0.2) is 5.12 Å². The number of hydrogen-bond acceptors (Lipinski definition) is 4. The molecule has 0 heterocycles. The lowest BCUT2D eigenvalue weighted by Crippen LogP contribution is -2.38. The lowest BCUT2D eigenvalue weighted by atomic mass is 10.3. The molecule has 0 rings (SSSR count). The molecule has 4 nitrogen and oxygen atoms in total. The fourth-order valence-corrected chi connectivity index (χ4v) is 0.868. The monoisotopic (exact) mass is 162 g/mol. The molecular weight excluding hydrogens is 152 g/mol. The maximum absolute atomic E-state index is 10.3. The second-order valence-corrected chi connectivity index (χ2v) is 3.01. The van der Waals surface area contributed by atoms with Gasteiger partial charge in [-0.1, -0.05) is 11.8 Å². The number of rotatable bonds is 3. The Bertz CT molecular complexity index is 149. The van der Waals surface area contributed by atoms with E-state index in [9.17, 15) is 9.59 Å². The molecule has 0 aromatic rings. The quantitative estimate of drug-likeness (QED) is 0.562. The summed E-state index contributed by atoms with van der Waals surface area (Å²) in [7, 11) is 0. The first-order chi connectivity index (χ1) is 4.54. The number of amides is 1. The number of thioether (sulfide) groups is 1. The molecule has 0 saturated heterocycles. The summed E-state index contributed by atoms with van der Waals surface area (Å²) in [5, 5.41) is -0.0586. The topological polar surface area (TPSA) is 86.2 Å². The summed E-state index contributed by atoms with van der Waals surface area (Å²) in [4.78, 5) is 20.6. The molecule has 0 bridgehead atoms. The Hall–Kier alpha value is -0.550. The van der Waals surface area contributed by atoms with Crippen molar-refractivity contribution in [2.45, 2.75) is 13.0 Å². The van der Waals surface area contributed by atoms with Crippen molar-refractivity contribution in [2.24, 2.45) is 11.5 Å². The van der Waals surface area contributed by atoms with Crippen molar-refractivity contribution in [3.05, 3.63) is 0 Å². The van der Waals surface area contributed by atoms with Crippen molar-refractivity contribution in [1.29, 1.82) is 0 Å². The van der Waals surface area contributed by atoms with Crippen LogP contribution in [0.4, 0.5) is 0 Å². The number of carbonyl (C=O) groups excluding carboxylic acids is 2. The van der Waals surface area contributed by atoms with Crippen LogP contribution in [0.2, 0.25) is 0 Å². The molecule has 0 aliphatic rings. The lowest BCUT2D eigenvalue weighted by Gasteiger charge is -2.02. The van der Waals surface area contributed by atoms with Crippen LogP contribution in [0.25, 0.3) is 0 Å². The molecule has 0 aliphatic carbocycles. The van der Waals surface area contributed by atoms with E-state index < -0.39 is 11.9 Å². The molecule has 0 fully saturated rings. The van der Waals surface area contributed by atoms with E-state index in [4.69, 9.17) is 11.5 Å². The van der Waals surface area contributed by atoms with Crippen LogP contribution in [0.15, 0.2) is 0 Å². The summed E-state index contributed by atoms with van der Waals surface area (Å²) in [5.41, 5.74) is 10.1. The van der Waals surface area contributed by atoms with Crippen molar-refractivity contribution >= 4 is 22.8 Å². The Morgan fingerprint density at radius 1 is 1.60 bits per heavy atom. The third-order valence-corrected chi connectivity index (χ3v) is 1.76. The molecule has 10 heavy (non-hydrogen) atoms. The summed E-state index contributed by atoms with van der Waals surface area (Å²) in [6, 6.07) is -0.714. The van der Waals surface area contributed by atoms with Crippen LogP contribution < -0.4 is 11.5 Å². The van der Waals surface area contributed by atoms with E-state index in [1.54, 1.807) is 0 Å². The first-order valence-electron chi connectivity index (χ1n) is 2.72. The van der Waals surface area contributed by atoms with Gasteiger partial charge in [-0.25, -0.2) is 0 Å². The average molecular weight is 162 g/mol. The number of primary amides is 1. The Morgan fingerprint density at radius 3 is 2.40 bits per heavy atom. The van der Waals surface area contributed by atoms with E-state index in [2.05, 4.69) is 0 Å². The van der Waals surface area contributed by atoms with Crippen LogP contribution in [-0.2, 0) is 9.59 Å². The highest BCUT2D eigenvalue weighted by Gasteiger charge is 2.09. The molecule has 0 unspecified atom stereocenters. The van der Waals surface area contributed by atoms with Gasteiger partial charge in [-0.2, -0.15) is 0 Å². The van der Waals surface area contributed by atoms with Crippen molar-refractivity contribution in [3.63, 3.8) is 0 Å². The standard InChI is InChI=1S/C5H10N2O2S/c1-3(8)10-2-4(6)5(7)9/h4H,2,6H2,1H3,(H2,7,9)/t4-/m0/s1. The summed E-state index contributed by atoms with van der Waals surface area (Å²) >= 11 is 1.00. The van der Waals surface area contributed by atoms with Gasteiger partial charge >= 0.3 is 0 Å². The van der Waals surface area contributed by atoms with Gasteiger partial charge in [-0.3, -0.25) is 9.59 Å². The van der Waals surface area contributed by atoms with Crippen molar-refractivity contribution in [3.8, 4) is 0 Å². The summed E-state index contributed by atoms with van der Waals surface area (Å²) in [6.45, 7) is 1.42. The summed E-state index contributed by atoms with van der Waals surface area (Å²) in [6.07, 6.45) is 0. The van der Waals surface area contributed by atoms with Crippen molar-refractivity contribution in [1.82, 2.24) is 0 Å². The fourth-order valence-electron chi connectivity index (χ4n) is 0.289. The van der Waals surface area contributed by atoms with Gasteiger partial charge in [0.2, 0.25) is 5.91 Å². The van der Waals surface area contributed by atoms with E-state index in [-0.39, 0.29) is 10.9 Å². The SMILES string of the molecule is CC(=O)SC[C@H](N)C(N)=O. The summed E-state index contributed by atoms with van der Waals surface area (Å²) in [5.74, 6) is -0.307. The second-order valence-electron chi connectivity index (χ2n) is 1.81. The van der Waals surface area contributed by atoms with Gasteiger partial charge in [0.25, 0.3) is 0 Å². The zero-order valence-electron chi connectivity index (χ0n) is 5.66. The number of hydrogen-bond donors (Lipinski definition) is 2. The first kappa shape index (κ1) is 9.45. The third kappa shape index (κ3) is 4.34. The van der Waals surface area contributed by atoms with Gasteiger partial charge < -0.3 is 11.5 Å². The van der Waals surface area contributed by atoms with Gasteiger partial charge in [0, 0.05) is 12.7 Å². The molecule has 0 aromatic heterocycles. The maximum Gasteiger partial charge on any atom is 0.235 e. The molecular formula is C5H10N2O2S. The molecule has 4 N–H and O–H groups in total. The molecule has 0 aliphatic heterocycles. The van der Waals surface area contributed by atoms with Crippen LogP contribution in [0.3, 0.4) is 0 Å². The van der Waals surface area contributed by atoms with Gasteiger partial charge in [0.1, 0.15) is 0 Å². The van der Waals surface area contributed by atoms with Gasteiger partial charge in [-0.05, 0) is 0 Å². The van der Waals surface area contributed by atoms with Crippen LogP contribution in [0.5, 0.6) is 0 Å². The highest BCUT2D eigenvalue weighted by atomic mass is 32.2. The Balaban J connectivity index is 3.49. The fraction of sp³-hybridized carbons (Fsp3) is 0.600. The molecule has 0 aromatic carbocycles. The number of carbonyl (C=O) groups is 2. The van der Waals surface area contributed by atoms with Crippen LogP contribution in [-0.4, -0.2) is 22.8 Å². The number of nitrogens with two attached hydrogens (primary N) is 2. The van der Waals surface area contributed by atoms with Gasteiger partial charge in [0.05, 0.1) is 6.04 Å². The molecule has 5 heteroatoms. The smallest absolute Gasteiger partial charge is 0.235 e. The molecule has 0 saturated carbocycles. The molecule has 1 atom stereocenters. The van der Waals surface area contributed by atoms with E-state index in [0.717, 1.165) is 11.8 Å². The lowest BCUT2D eigenvalue weighted by molar-refractivity contribution is -0.118. The van der Waals surface area contributed by atoms with E-state index in [1.807, 2.05) is 0 Å². The highest BCUT2D eigenvalue weighted by molar-refractivity contribution is 8.13. The summed E-state index contributed by atoms with van der Waals surface area (Å²) < 4.78 is 0. The average Bonchev–Trinajstić information content (AvgIpc) is 1.82. The zero-order chi connectivity index (χ0) is 8.15. The van der Waals surface area contributed by atoms with Crippen LogP contribution in [0.1, 0.15) is 6.92 Å². The van der Waals surface area contributed by atoms with Crippen LogP contribution >= 0.6 is 11.8 Å². The zero-order valence-corrected chi connectivity index (χ0v) is 6.48. The predicted octanol–water partition coefficient (Wildman–Crippen LogP) is -0.921. The Morgan fingerprint density at radius 2 is 2.10 bits per heavy atom. The molecule has 0 spiro atoms. The van der Waals surface area contributed by atoms with E-state index in [0.29, 0.717) is 0 Å². The first-order valence-corrected chi connectivity index (χ1v) is 3.71. The molecule has 1 amide bonds. The van der Waals surface area contributed by atoms with E-state index in [1.165, 1.54) is 6.92 Å². The van der Waals surface area contributed by atoms with Crippen molar-refractivity contribution < 1.29 is 9.59 Å². The predicted molar refractivity (Wildman–Crippen MR) is 40.3 cm³/mol. The Labute approximate surface area is 63.3 Å². The maximum atomic E-state index is 10.3. The minimum absolute atomic E-state index is 0.0586. The molecule has 0 radical (unpaired) electrons. The largest absolute Gasteiger partial charge is 0.368 e. The normalized spacial score (nSPS) is 12.6. The second kappa shape index (κ2) is 4.29. The Kier molecular flexibility index (Phi) is 4.06. The molecule has 58 valence electrons. The third-order valence-electron chi connectivity index (χ3n) is 0.832. The highest BCUT2D eigenvalue weighted by Crippen LogP contribution is 2.01. The minimum atomic E-state index is -0.714. The van der Waals surface area contributed by atoms with Crippen LogP contribution in [0, 0.1) is 0 Å².